The lowest BCUT2D eigenvalue weighted by Gasteiger charge is -2.33. The highest BCUT2D eigenvalue weighted by molar-refractivity contribution is 7.20. The number of hydrogen-bond acceptors (Lipinski definition) is 7. The van der Waals surface area contributed by atoms with Gasteiger partial charge in [-0.15, -0.1) is 5.10 Å². The number of anilines is 2. The smallest absolute Gasteiger partial charge is 0.214 e. The van der Waals surface area contributed by atoms with Crippen LogP contribution in [0.3, 0.4) is 0 Å². The summed E-state index contributed by atoms with van der Waals surface area (Å²) in [6, 6.07) is 6.26. The second-order valence-corrected chi connectivity index (χ2v) is 8.89. The molecule has 1 saturated heterocycles. The van der Waals surface area contributed by atoms with Gasteiger partial charge in [-0.3, -0.25) is 0 Å². The van der Waals surface area contributed by atoms with E-state index in [1.54, 1.807) is 17.5 Å². The Bertz CT molecular complexity index is 935. The summed E-state index contributed by atoms with van der Waals surface area (Å²) in [6.07, 6.45) is 5.71. The number of hydrogen-bond donors (Lipinski definition) is 1. The first kappa shape index (κ1) is 17.7. The average molecular weight is 382 g/mol. The summed E-state index contributed by atoms with van der Waals surface area (Å²) in [4.78, 5) is 12.3. The third-order valence-electron chi connectivity index (χ3n) is 4.84. The minimum Gasteiger partial charge on any atom is -0.357 e. The van der Waals surface area contributed by atoms with Crippen LogP contribution in [0.25, 0.3) is 4.96 Å². The van der Waals surface area contributed by atoms with Gasteiger partial charge in [0.2, 0.25) is 10.1 Å². The van der Waals surface area contributed by atoms with Crippen molar-refractivity contribution in [3.05, 3.63) is 35.8 Å². The van der Waals surface area contributed by atoms with Crippen LogP contribution in [-0.2, 0) is 5.41 Å². The van der Waals surface area contributed by atoms with E-state index < -0.39 is 0 Å². The molecule has 1 fully saturated rings. The molecular formula is C19H23N7S. The molecular weight excluding hydrogens is 358 g/mol. The van der Waals surface area contributed by atoms with E-state index in [0.29, 0.717) is 11.6 Å². The Hall–Kier alpha value is -2.66. The topological polar surface area (TPSA) is 82.1 Å². The van der Waals surface area contributed by atoms with E-state index in [9.17, 15) is 0 Å². The van der Waals surface area contributed by atoms with Crippen molar-refractivity contribution in [2.75, 3.05) is 23.3 Å². The summed E-state index contributed by atoms with van der Waals surface area (Å²) in [6.45, 7) is 8.36. The number of rotatable bonds is 3. The molecule has 0 bridgehead atoms. The van der Waals surface area contributed by atoms with Gasteiger partial charge in [-0.05, 0) is 25.0 Å². The standard InChI is InChI=1S/C19H23N7S/c1-19(2,3)15-12-26-18(23-15)27-17(24-26)22-14-6-8-25(9-7-14)16-5-4-13(10-20)11-21-16/h4-5,11-12,14H,6-9H2,1-3H3,(H,22,24). The first-order chi connectivity index (χ1) is 12.9. The molecule has 0 aromatic carbocycles. The normalized spacial score (nSPS) is 15.9. The highest BCUT2D eigenvalue weighted by Gasteiger charge is 2.23. The number of aromatic nitrogens is 4. The van der Waals surface area contributed by atoms with Crippen LogP contribution in [0.4, 0.5) is 10.9 Å². The van der Waals surface area contributed by atoms with E-state index in [2.05, 4.69) is 47.1 Å². The van der Waals surface area contributed by atoms with E-state index in [-0.39, 0.29) is 5.41 Å². The molecule has 140 valence electrons. The molecule has 0 atom stereocenters. The molecule has 0 radical (unpaired) electrons. The number of pyridine rings is 1. The second kappa shape index (κ2) is 6.82. The van der Waals surface area contributed by atoms with Crippen molar-refractivity contribution in [2.45, 2.75) is 45.1 Å². The van der Waals surface area contributed by atoms with E-state index in [1.807, 2.05) is 22.8 Å². The number of fused-ring (bicyclic) bond motifs is 1. The molecule has 0 aliphatic carbocycles. The minimum atomic E-state index is 0.0350. The van der Waals surface area contributed by atoms with Crippen LogP contribution in [0.2, 0.25) is 0 Å². The zero-order valence-corrected chi connectivity index (χ0v) is 16.6. The predicted molar refractivity (Wildman–Crippen MR) is 107 cm³/mol. The molecule has 7 nitrogen and oxygen atoms in total. The fourth-order valence-electron chi connectivity index (χ4n) is 3.19. The lowest BCUT2D eigenvalue weighted by Crippen LogP contribution is -2.39. The summed E-state index contributed by atoms with van der Waals surface area (Å²) < 4.78 is 1.88. The fraction of sp³-hybridized carbons (Fsp3) is 0.474. The molecule has 4 rings (SSSR count). The molecule has 0 spiro atoms. The van der Waals surface area contributed by atoms with Crippen molar-refractivity contribution in [2.24, 2.45) is 0 Å². The van der Waals surface area contributed by atoms with E-state index in [4.69, 9.17) is 10.2 Å². The number of nitrogens with one attached hydrogen (secondary N) is 1. The van der Waals surface area contributed by atoms with Crippen LogP contribution in [0.15, 0.2) is 24.5 Å². The lowest BCUT2D eigenvalue weighted by molar-refractivity contribution is 0.523. The Kier molecular flexibility index (Phi) is 4.48. The van der Waals surface area contributed by atoms with Crippen LogP contribution in [0.1, 0.15) is 44.9 Å². The highest BCUT2D eigenvalue weighted by Crippen LogP contribution is 2.27. The third-order valence-corrected chi connectivity index (χ3v) is 5.69. The van der Waals surface area contributed by atoms with Crippen molar-refractivity contribution in [1.29, 1.82) is 5.26 Å². The Labute approximate surface area is 162 Å². The molecule has 0 unspecified atom stereocenters. The fourth-order valence-corrected chi connectivity index (χ4v) is 4.04. The zero-order valence-electron chi connectivity index (χ0n) is 15.8. The molecule has 1 N–H and O–H groups in total. The van der Waals surface area contributed by atoms with E-state index in [0.717, 1.165) is 47.5 Å². The highest BCUT2D eigenvalue weighted by atomic mass is 32.1. The molecule has 4 heterocycles. The van der Waals surface area contributed by atoms with Gasteiger partial charge < -0.3 is 10.2 Å². The summed E-state index contributed by atoms with van der Waals surface area (Å²) >= 11 is 1.60. The quantitative estimate of drug-likeness (QED) is 0.748. The minimum absolute atomic E-state index is 0.0350. The number of nitrogens with zero attached hydrogens (tertiary/aromatic N) is 6. The molecule has 1 aliphatic heterocycles. The van der Waals surface area contributed by atoms with Crippen molar-refractivity contribution >= 4 is 27.2 Å². The third kappa shape index (κ3) is 3.74. The largest absolute Gasteiger partial charge is 0.357 e. The van der Waals surface area contributed by atoms with Gasteiger partial charge in [0.05, 0.1) is 17.5 Å². The van der Waals surface area contributed by atoms with E-state index >= 15 is 0 Å². The average Bonchev–Trinajstić information content (AvgIpc) is 3.21. The number of piperidine rings is 1. The summed E-state index contributed by atoms with van der Waals surface area (Å²) in [5.74, 6) is 0.940. The Morgan fingerprint density at radius 3 is 2.63 bits per heavy atom. The molecule has 3 aromatic rings. The maximum atomic E-state index is 8.88. The van der Waals surface area contributed by atoms with Gasteiger partial charge in [-0.1, -0.05) is 32.1 Å². The molecule has 1 aliphatic rings. The van der Waals surface area contributed by atoms with Crippen LogP contribution in [-0.4, -0.2) is 38.7 Å². The molecule has 0 saturated carbocycles. The number of nitriles is 1. The summed E-state index contributed by atoms with van der Waals surface area (Å²) in [5, 5.41) is 18.0. The van der Waals surface area contributed by atoms with Crippen molar-refractivity contribution in [1.82, 2.24) is 19.6 Å². The van der Waals surface area contributed by atoms with Crippen molar-refractivity contribution in [3.63, 3.8) is 0 Å². The second-order valence-electron chi connectivity index (χ2n) is 7.93. The van der Waals surface area contributed by atoms with Crippen LogP contribution in [0.5, 0.6) is 0 Å². The first-order valence-electron chi connectivity index (χ1n) is 9.17. The maximum absolute atomic E-state index is 8.88. The molecule has 0 amide bonds. The van der Waals surface area contributed by atoms with Gasteiger partial charge in [-0.2, -0.15) is 5.26 Å². The van der Waals surface area contributed by atoms with Crippen LogP contribution < -0.4 is 10.2 Å². The Morgan fingerprint density at radius 2 is 2.04 bits per heavy atom. The Balaban J connectivity index is 1.36. The van der Waals surface area contributed by atoms with Gasteiger partial charge in [0.15, 0.2) is 0 Å². The Morgan fingerprint density at radius 1 is 1.26 bits per heavy atom. The van der Waals surface area contributed by atoms with Gasteiger partial charge in [-0.25, -0.2) is 14.5 Å². The summed E-state index contributed by atoms with van der Waals surface area (Å²) in [5.41, 5.74) is 1.70. The van der Waals surface area contributed by atoms with Gasteiger partial charge >= 0.3 is 0 Å². The number of imidazole rings is 1. The van der Waals surface area contributed by atoms with Gasteiger partial charge in [0.1, 0.15) is 11.9 Å². The van der Waals surface area contributed by atoms with Crippen molar-refractivity contribution in [3.8, 4) is 6.07 Å². The predicted octanol–water partition coefficient (Wildman–Crippen LogP) is 3.44. The van der Waals surface area contributed by atoms with Gasteiger partial charge in [0, 0.05) is 30.7 Å². The first-order valence-corrected chi connectivity index (χ1v) is 9.98. The van der Waals surface area contributed by atoms with Crippen molar-refractivity contribution < 1.29 is 0 Å². The monoisotopic (exact) mass is 381 g/mol. The van der Waals surface area contributed by atoms with Crippen LogP contribution in [0, 0.1) is 11.3 Å². The SMILES string of the molecule is CC(C)(C)c1cn2nc(NC3CCN(c4ccc(C#N)cn4)CC3)sc2n1. The van der Waals surface area contributed by atoms with Gasteiger partial charge in [0.25, 0.3) is 0 Å². The summed E-state index contributed by atoms with van der Waals surface area (Å²) in [7, 11) is 0. The lowest BCUT2D eigenvalue weighted by atomic mass is 9.93. The maximum Gasteiger partial charge on any atom is 0.214 e. The zero-order chi connectivity index (χ0) is 19.0. The molecule has 3 aromatic heterocycles. The molecule has 27 heavy (non-hydrogen) atoms. The van der Waals surface area contributed by atoms with Crippen LogP contribution >= 0.6 is 11.3 Å². The van der Waals surface area contributed by atoms with E-state index in [1.165, 1.54) is 0 Å². The molecule has 8 heteroatoms.